The molecule has 0 spiro atoms. The summed E-state index contributed by atoms with van der Waals surface area (Å²) in [5, 5.41) is 11.9. The Morgan fingerprint density at radius 2 is 1.87 bits per heavy atom. The summed E-state index contributed by atoms with van der Waals surface area (Å²) in [5.74, 6) is -1.53. The third kappa shape index (κ3) is 4.39. The van der Waals surface area contributed by atoms with Gasteiger partial charge in [0.2, 0.25) is 0 Å². The number of H-pyrrole nitrogens is 1. The number of esters is 1. The van der Waals surface area contributed by atoms with Gasteiger partial charge in [0.1, 0.15) is 5.75 Å². The molecule has 3 heterocycles. The topological polar surface area (TPSA) is 122 Å². The van der Waals surface area contributed by atoms with E-state index in [0.29, 0.717) is 23.3 Å². The molecule has 5 rings (SSSR count). The zero-order valence-corrected chi connectivity index (χ0v) is 20.8. The minimum atomic E-state index is -0.860. The van der Waals surface area contributed by atoms with E-state index in [4.69, 9.17) is 9.47 Å². The number of hydrogen-bond acceptors (Lipinski definition) is 7. The second kappa shape index (κ2) is 10.2. The zero-order chi connectivity index (χ0) is 26.8. The molecule has 2 aromatic carbocycles. The van der Waals surface area contributed by atoms with Gasteiger partial charge in [-0.2, -0.15) is 0 Å². The Bertz CT molecular complexity index is 1560. The maximum Gasteiger partial charge on any atom is 0.337 e. The Balaban J connectivity index is 1.51. The summed E-state index contributed by atoms with van der Waals surface area (Å²) in [7, 11) is 2.89. The number of aromatic amines is 1. The summed E-state index contributed by atoms with van der Waals surface area (Å²) in [4.78, 5) is 47.5. The Labute approximate surface area is 218 Å². The lowest BCUT2D eigenvalue weighted by Crippen LogP contribution is -2.33. The molecule has 1 unspecified atom stereocenters. The molecule has 1 aliphatic heterocycles. The van der Waals surface area contributed by atoms with Crippen LogP contribution in [0.4, 0.5) is 0 Å². The second-order valence-corrected chi connectivity index (χ2v) is 8.82. The van der Waals surface area contributed by atoms with E-state index in [-0.39, 0.29) is 17.7 Å². The molecular weight excluding hydrogens is 486 g/mol. The lowest BCUT2D eigenvalue weighted by atomic mass is 9.92. The predicted molar refractivity (Wildman–Crippen MR) is 139 cm³/mol. The van der Waals surface area contributed by atoms with Gasteiger partial charge in [-0.3, -0.25) is 14.6 Å². The van der Waals surface area contributed by atoms with Crippen molar-refractivity contribution in [2.24, 2.45) is 0 Å². The number of rotatable bonds is 8. The number of benzene rings is 2. The smallest absolute Gasteiger partial charge is 0.337 e. The standard InChI is InChI=1S/C29H25N3O6/c1-37-21-9-10-23-22(14-21)19(16-31-23)11-13-32-25(17-5-7-18(8-6-17)29(36)38-2)24(27(34)28(32)35)26(33)20-4-3-12-30-15-20/h3-10,12,14-16,25,31,34H,11,13H2,1-2H3. The van der Waals surface area contributed by atoms with Crippen LogP contribution in [0.5, 0.6) is 5.75 Å². The van der Waals surface area contributed by atoms with Crippen molar-refractivity contribution in [1.82, 2.24) is 14.9 Å². The van der Waals surface area contributed by atoms with Gasteiger partial charge in [-0.25, -0.2) is 4.79 Å². The highest BCUT2D eigenvalue weighted by Gasteiger charge is 2.43. The highest BCUT2D eigenvalue weighted by Crippen LogP contribution is 2.39. The van der Waals surface area contributed by atoms with E-state index >= 15 is 0 Å². The monoisotopic (exact) mass is 511 g/mol. The molecule has 0 bridgehead atoms. The molecule has 0 fully saturated rings. The van der Waals surface area contributed by atoms with Gasteiger partial charge in [0.15, 0.2) is 11.5 Å². The van der Waals surface area contributed by atoms with E-state index in [0.717, 1.165) is 16.5 Å². The number of aliphatic hydroxyl groups excluding tert-OH is 1. The molecule has 9 nitrogen and oxygen atoms in total. The minimum absolute atomic E-state index is 0.0330. The van der Waals surface area contributed by atoms with Crippen LogP contribution in [-0.2, 0) is 16.0 Å². The van der Waals surface area contributed by atoms with Crippen molar-refractivity contribution in [3.8, 4) is 5.75 Å². The number of amides is 1. The van der Waals surface area contributed by atoms with E-state index < -0.39 is 29.5 Å². The van der Waals surface area contributed by atoms with Gasteiger partial charge >= 0.3 is 5.97 Å². The number of Topliss-reactive ketones (excluding diaryl/α,β-unsaturated/α-hetero) is 1. The third-order valence-electron chi connectivity index (χ3n) is 6.72. The molecule has 38 heavy (non-hydrogen) atoms. The molecule has 4 aromatic rings. The number of nitrogens with one attached hydrogen (secondary N) is 1. The minimum Gasteiger partial charge on any atom is -0.503 e. The maximum absolute atomic E-state index is 13.5. The van der Waals surface area contributed by atoms with Crippen molar-refractivity contribution in [2.45, 2.75) is 12.5 Å². The molecule has 1 amide bonds. The summed E-state index contributed by atoms with van der Waals surface area (Å²) in [6.07, 6.45) is 5.26. The number of pyridine rings is 1. The number of hydrogen-bond donors (Lipinski definition) is 2. The number of ketones is 1. The summed E-state index contributed by atoms with van der Waals surface area (Å²) in [6, 6.07) is 14.5. The van der Waals surface area contributed by atoms with Crippen molar-refractivity contribution in [2.75, 3.05) is 20.8 Å². The molecule has 9 heteroatoms. The van der Waals surface area contributed by atoms with Gasteiger partial charge in [0.05, 0.1) is 31.4 Å². The fourth-order valence-electron chi connectivity index (χ4n) is 4.77. The van der Waals surface area contributed by atoms with Crippen molar-refractivity contribution < 1.29 is 29.0 Å². The Hall–Kier alpha value is -4.92. The van der Waals surface area contributed by atoms with Gasteiger partial charge in [0.25, 0.3) is 5.91 Å². The van der Waals surface area contributed by atoms with Crippen LogP contribution in [0.25, 0.3) is 10.9 Å². The van der Waals surface area contributed by atoms with Gasteiger partial charge in [-0.15, -0.1) is 0 Å². The number of nitrogens with zero attached hydrogens (tertiary/aromatic N) is 2. The van der Waals surface area contributed by atoms with Gasteiger partial charge in [-0.1, -0.05) is 12.1 Å². The second-order valence-electron chi connectivity index (χ2n) is 8.82. The van der Waals surface area contributed by atoms with E-state index in [9.17, 15) is 19.5 Å². The first-order valence-corrected chi connectivity index (χ1v) is 11.9. The SMILES string of the molecule is COC(=O)c1ccc(C2C(C(=O)c3cccnc3)=C(O)C(=O)N2CCc2c[nH]c3ccc(OC)cc23)cc1. The molecule has 0 saturated heterocycles. The van der Waals surface area contributed by atoms with Crippen molar-refractivity contribution in [3.63, 3.8) is 0 Å². The number of carbonyl (C=O) groups excluding carboxylic acids is 3. The molecule has 1 aliphatic rings. The number of fused-ring (bicyclic) bond motifs is 1. The first-order valence-electron chi connectivity index (χ1n) is 11.9. The van der Waals surface area contributed by atoms with Gasteiger partial charge < -0.3 is 24.5 Å². The lowest BCUT2D eigenvalue weighted by molar-refractivity contribution is -0.129. The van der Waals surface area contributed by atoms with Crippen LogP contribution in [0, 0.1) is 0 Å². The molecule has 0 aliphatic carbocycles. The normalized spacial score (nSPS) is 15.3. The Morgan fingerprint density at radius 1 is 1.08 bits per heavy atom. The van der Waals surface area contributed by atoms with Crippen molar-refractivity contribution in [1.29, 1.82) is 0 Å². The summed E-state index contributed by atoms with van der Waals surface area (Å²) >= 11 is 0. The zero-order valence-electron chi connectivity index (χ0n) is 20.8. The number of methoxy groups -OCH3 is 2. The number of ether oxygens (including phenoxy) is 2. The average molecular weight is 512 g/mol. The molecule has 0 radical (unpaired) electrons. The first kappa shape index (κ1) is 24.8. The van der Waals surface area contributed by atoms with Crippen LogP contribution >= 0.6 is 0 Å². The fraction of sp³-hybridized carbons (Fsp3) is 0.172. The predicted octanol–water partition coefficient (Wildman–Crippen LogP) is 4.18. The highest BCUT2D eigenvalue weighted by atomic mass is 16.5. The Kier molecular flexibility index (Phi) is 6.66. The third-order valence-corrected chi connectivity index (χ3v) is 6.72. The van der Waals surface area contributed by atoms with Crippen molar-refractivity contribution in [3.05, 3.63) is 107 Å². The summed E-state index contributed by atoms with van der Waals surface area (Å²) < 4.78 is 10.1. The van der Waals surface area contributed by atoms with Crippen LogP contribution < -0.4 is 4.74 Å². The van der Waals surface area contributed by atoms with E-state index in [1.54, 1.807) is 43.5 Å². The van der Waals surface area contributed by atoms with Crippen LogP contribution in [0.3, 0.4) is 0 Å². The summed E-state index contributed by atoms with van der Waals surface area (Å²) in [6.45, 7) is 0.223. The van der Waals surface area contributed by atoms with Crippen LogP contribution in [-0.4, -0.2) is 58.4 Å². The fourth-order valence-corrected chi connectivity index (χ4v) is 4.77. The van der Waals surface area contributed by atoms with Crippen LogP contribution in [0.15, 0.2) is 84.5 Å². The quantitative estimate of drug-likeness (QED) is 0.269. The number of aliphatic hydroxyl groups is 1. The van der Waals surface area contributed by atoms with Crippen molar-refractivity contribution >= 4 is 28.6 Å². The largest absolute Gasteiger partial charge is 0.503 e. The maximum atomic E-state index is 13.5. The molecule has 1 atom stereocenters. The number of aromatic nitrogens is 2. The molecular formula is C29H25N3O6. The van der Waals surface area contributed by atoms with E-state index in [1.807, 2.05) is 24.4 Å². The molecule has 2 aromatic heterocycles. The molecule has 0 saturated carbocycles. The van der Waals surface area contributed by atoms with Crippen LogP contribution in [0.2, 0.25) is 0 Å². The molecule has 192 valence electrons. The average Bonchev–Trinajstić information content (AvgIpc) is 3.48. The van der Waals surface area contributed by atoms with Gasteiger partial charge in [0, 0.05) is 41.6 Å². The van der Waals surface area contributed by atoms with E-state index in [1.165, 1.54) is 24.4 Å². The summed E-state index contributed by atoms with van der Waals surface area (Å²) in [5.41, 5.74) is 3.00. The van der Waals surface area contributed by atoms with Gasteiger partial charge in [-0.05, 0) is 60.0 Å². The highest BCUT2D eigenvalue weighted by molar-refractivity contribution is 6.16. The number of carbonyl (C=O) groups is 3. The van der Waals surface area contributed by atoms with Crippen LogP contribution in [0.1, 0.15) is 37.9 Å². The lowest BCUT2D eigenvalue weighted by Gasteiger charge is -2.27. The van der Waals surface area contributed by atoms with E-state index in [2.05, 4.69) is 9.97 Å². The first-order chi connectivity index (χ1) is 18.4. The Morgan fingerprint density at radius 3 is 2.55 bits per heavy atom. The molecule has 2 N–H and O–H groups in total.